The van der Waals surface area contributed by atoms with E-state index in [4.69, 9.17) is 4.42 Å². The summed E-state index contributed by atoms with van der Waals surface area (Å²) < 4.78 is 11.3. The molecular weight excluding hydrogens is 621 g/mol. The van der Waals surface area contributed by atoms with Gasteiger partial charge < -0.3 is 13.6 Å². The third-order valence-corrected chi connectivity index (χ3v) is 10.8. The quantitative estimate of drug-likeness (QED) is 0.186. The minimum absolute atomic E-state index is 0.413. The second-order valence-corrected chi connectivity index (χ2v) is 13.7. The van der Waals surface area contributed by atoms with Crippen molar-refractivity contribution in [3.05, 3.63) is 182 Å². The van der Waals surface area contributed by atoms with E-state index in [1.807, 2.05) is 6.07 Å². The van der Waals surface area contributed by atoms with Crippen LogP contribution < -0.4 is 0 Å². The number of para-hydroxylation sites is 3. The predicted octanol–water partition coefficient (Wildman–Crippen LogP) is 13.0. The second kappa shape index (κ2) is 11.0. The van der Waals surface area contributed by atoms with Gasteiger partial charge in [-0.2, -0.15) is 0 Å². The zero-order valence-corrected chi connectivity index (χ0v) is 27.8. The zero-order chi connectivity index (χ0) is 33.5. The van der Waals surface area contributed by atoms with Crippen molar-refractivity contribution in [2.24, 2.45) is 0 Å². The van der Waals surface area contributed by atoms with Gasteiger partial charge >= 0.3 is 0 Å². The summed E-state index contributed by atoms with van der Waals surface area (Å²) in [6.07, 6.45) is 9.94. The van der Waals surface area contributed by atoms with E-state index in [1.165, 1.54) is 43.9 Å². The first kappa shape index (κ1) is 28.3. The van der Waals surface area contributed by atoms with Crippen molar-refractivity contribution in [2.45, 2.75) is 12.3 Å². The molecule has 0 spiro atoms. The maximum Gasteiger partial charge on any atom is 0.145 e. The van der Waals surface area contributed by atoms with Gasteiger partial charge in [-0.15, -0.1) is 0 Å². The number of furan rings is 1. The van der Waals surface area contributed by atoms with Crippen molar-refractivity contribution < 1.29 is 4.42 Å². The first-order chi connectivity index (χ1) is 25.3. The highest BCUT2D eigenvalue weighted by Crippen LogP contribution is 2.41. The molecule has 11 rings (SSSR count). The van der Waals surface area contributed by atoms with Crippen LogP contribution in [-0.2, 0) is 0 Å². The van der Waals surface area contributed by atoms with Crippen LogP contribution in [0.15, 0.2) is 180 Å². The summed E-state index contributed by atoms with van der Waals surface area (Å²) in [5, 5.41) is 7.21. The van der Waals surface area contributed by atoms with Crippen molar-refractivity contribution in [3.8, 4) is 22.5 Å². The molecule has 1 aliphatic carbocycles. The number of fused-ring (bicyclic) bond motifs is 10. The molecule has 1 aliphatic rings. The Balaban J connectivity index is 1.06. The Bertz CT molecular complexity index is 3070. The summed E-state index contributed by atoms with van der Waals surface area (Å²) in [7, 11) is 0. The zero-order valence-electron chi connectivity index (χ0n) is 27.8. The molecule has 1 unspecified atom stereocenters. The average molecular weight is 653 g/mol. The molecule has 0 aliphatic heterocycles. The lowest BCUT2D eigenvalue weighted by atomic mass is 9.91. The molecule has 3 heteroatoms. The smallest absolute Gasteiger partial charge is 0.145 e. The molecule has 0 saturated carbocycles. The summed E-state index contributed by atoms with van der Waals surface area (Å²) in [6, 6.07) is 55.2. The maximum absolute atomic E-state index is 6.54. The normalized spacial score (nSPS) is 14.6. The summed E-state index contributed by atoms with van der Waals surface area (Å²) >= 11 is 0. The van der Waals surface area contributed by atoms with Gasteiger partial charge in [0.1, 0.15) is 11.2 Å². The van der Waals surface area contributed by atoms with Crippen LogP contribution in [-0.4, -0.2) is 9.13 Å². The lowest BCUT2D eigenvalue weighted by Gasteiger charge is -2.14. The van der Waals surface area contributed by atoms with Gasteiger partial charge in [-0.1, -0.05) is 109 Å². The van der Waals surface area contributed by atoms with E-state index in [-0.39, 0.29) is 0 Å². The molecule has 1 atom stereocenters. The van der Waals surface area contributed by atoms with Crippen molar-refractivity contribution in [3.63, 3.8) is 0 Å². The third-order valence-electron chi connectivity index (χ3n) is 10.8. The molecule has 51 heavy (non-hydrogen) atoms. The topological polar surface area (TPSA) is 23.0 Å². The van der Waals surface area contributed by atoms with E-state index < -0.39 is 0 Å². The molecule has 3 aromatic heterocycles. The van der Waals surface area contributed by atoms with Crippen LogP contribution in [0.4, 0.5) is 0 Å². The molecule has 0 amide bonds. The van der Waals surface area contributed by atoms with E-state index in [0.29, 0.717) is 5.92 Å². The number of hydrogen-bond acceptors (Lipinski definition) is 1. The van der Waals surface area contributed by atoms with E-state index in [0.717, 1.165) is 56.2 Å². The molecule has 0 fully saturated rings. The fourth-order valence-electron chi connectivity index (χ4n) is 8.49. The molecule has 0 bridgehead atoms. The van der Waals surface area contributed by atoms with Crippen molar-refractivity contribution in [1.29, 1.82) is 0 Å². The number of rotatable bonds is 4. The Labute approximate surface area is 294 Å². The maximum atomic E-state index is 6.54. The van der Waals surface area contributed by atoms with Gasteiger partial charge in [0, 0.05) is 44.2 Å². The van der Waals surface area contributed by atoms with Gasteiger partial charge in [0.25, 0.3) is 0 Å². The Kier molecular flexibility index (Phi) is 6.08. The summed E-state index contributed by atoms with van der Waals surface area (Å²) in [5.41, 5.74) is 12.6. The molecule has 3 nitrogen and oxygen atoms in total. The van der Waals surface area contributed by atoms with Gasteiger partial charge in [0.2, 0.25) is 0 Å². The molecular formula is C48H32N2O. The van der Waals surface area contributed by atoms with Gasteiger partial charge in [0.15, 0.2) is 0 Å². The molecule has 3 heterocycles. The highest BCUT2D eigenvalue weighted by atomic mass is 16.3. The van der Waals surface area contributed by atoms with Gasteiger partial charge in [-0.25, -0.2) is 0 Å². The second-order valence-electron chi connectivity index (χ2n) is 13.7. The van der Waals surface area contributed by atoms with E-state index >= 15 is 0 Å². The van der Waals surface area contributed by atoms with E-state index in [2.05, 4.69) is 179 Å². The van der Waals surface area contributed by atoms with Gasteiger partial charge in [-0.05, 0) is 89.8 Å². The van der Waals surface area contributed by atoms with Crippen LogP contribution >= 0.6 is 0 Å². The number of aromatic nitrogens is 2. The Morgan fingerprint density at radius 1 is 0.471 bits per heavy atom. The van der Waals surface area contributed by atoms with Crippen LogP contribution in [0.1, 0.15) is 17.9 Å². The van der Waals surface area contributed by atoms with Crippen LogP contribution in [0.2, 0.25) is 0 Å². The van der Waals surface area contributed by atoms with E-state index in [9.17, 15) is 0 Å². The van der Waals surface area contributed by atoms with Crippen LogP contribution in [0.5, 0.6) is 0 Å². The predicted molar refractivity (Wildman–Crippen MR) is 213 cm³/mol. The standard InChI is InChI=1S/C48H32N2O/c1-2-12-31(13-3-1)34-24-26-44-41(30-34)37-18-4-7-21-42(37)49(44)35-16-10-14-32(28-35)33-15-11-17-36(29-33)50-43-22-8-5-20-40(43)47-45(50)27-25-39-38-19-6-9-23-46(38)51-48(39)47/h1-12,14-31H,13H2. The first-order valence-corrected chi connectivity index (χ1v) is 17.7. The third kappa shape index (κ3) is 4.25. The van der Waals surface area contributed by atoms with Gasteiger partial charge in [-0.3, -0.25) is 0 Å². The van der Waals surface area contributed by atoms with Gasteiger partial charge in [0.05, 0.1) is 27.5 Å². The molecule has 0 N–H and O–H groups in total. The van der Waals surface area contributed by atoms with Crippen molar-refractivity contribution in [2.75, 3.05) is 0 Å². The Morgan fingerprint density at radius 3 is 1.88 bits per heavy atom. The fraction of sp³-hybridized carbons (Fsp3) is 0.0417. The fourth-order valence-corrected chi connectivity index (χ4v) is 8.49. The monoisotopic (exact) mass is 652 g/mol. The molecule has 7 aromatic carbocycles. The lowest BCUT2D eigenvalue weighted by Crippen LogP contribution is -1.97. The minimum atomic E-state index is 0.413. The van der Waals surface area contributed by atoms with E-state index in [1.54, 1.807) is 0 Å². The van der Waals surface area contributed by atoms with Crippen LogP contribution in [0, 0.1) is 0 Å². The number of allylic oxidation sites excluding steroid dienone is 4. The number of hydrogen-bond donors (Lipinski definition) is 0. The Hall–Kier alpha value is -6.58. The number of benzene rings is 7. The molecule has 0 radical (unpaired) electrons. The molecule has 0 saturated heterocycles. The summed E-state index contributed by atoms with van der Waals surface area (Å²) in [6.45, 7) is 0. The first-order valence-electron chi connectivity index (χ1n) is 17.7. The van der Waals surface area contributed by atoms with Crippen molar-refractivity contribution in [1.82, 2.24) is 9.13 Å². The van der Waals surface area contributed by atoms with Crippen LogP contribution in [0.3, 0.4) is 0 Å². The minimum Gasteiger partial charge on any atom is -0.455 e. The lowest BCUT2D eigenvalue weighted by molar-refractivity contribution is 0.673. The summed E-state index contributed by atoms with van der Waals surface area (Å²) in [4.78, 5) is 0. The number of nitrogens with zero attached hydrogens (tertiary/aromatic N) is 2. The molecule has 10 aromatic rings. The SMILES string of the molecule is C1=CCC(c2ccc3c(c2)c2ccccc2n3-c2cccc(-c3cccc(-n4c5ccccc5c5c6oc7ccccc7c6ccc54)c3)c2)C=C1. The Morgan fingerprint density at radius 2 is 1.12 bits per heavy atom. The highest BCUT2D eigenvalue weighted by Gasteiger charge is 2.19. The molecule has 240 valence electrons. The van der Waals surface area contributed by atoms with Crippen LogP contribution in [0.25, 0.3) is 88.1 Å². The largest absolute Gasteiger partial charge is 0.455 e. The summed E-state index contributed by atoms with van der Waals surface area (Å²) in [5.74, 6) is 0.413. The highest BCUT2D eigenvalue weighted by molar-refractivity contribution is 6.23. The average Bonchev–Trinajstić information content (AvgIpc) is 3.86. The van der Waals surface area contributed by atoms with Crippen molar-refractivity contribution >= 4 is 65.6 Å².